The number of aromatic nitrogens is 1. The highest BCUT2D eigenvalue weighted by Crippen LogP contribution is 2.25. The Hall–Kier alpha value is -1.41. The second kappa shape index (κ2) is 7.73. The summed E-state index contributed by atoms with van der Waals surface area (Å²) in [6, 6.07) is 1.23. The number of aliphatic hydroxyl groups is 3. The highest BCUT2D eigenvalue weighted by molar-refractivity contribution is 5.31. The Balaban J connectivity index is 3.42. The molecule has 0 bridgehead atoms. The number of pyridine rings is 1. The molecule has 1 rings (SSSR count). The molecule has 4 N–H and O–H groups in total. The summed E-state index contributed by atoms with van der Waals surface area (Å²) in [6.07, 6.45) is 0. The van der Waals surface area contributed by atoms with Crippen LogP contribution in [0.25, 0.3) is 0 Å². The van der Waals surface area contributed by atoms with Crippen LogP contribution in [0.4, 0.5) is 0 Å². The first-order valence-electron chi connectivity index (χ1n) is 7.28. The standard InChI is InChI=1S/C15H26N2O5/c1-15(2,3)17-11(10-20)8-13(21)14(22)12(17)9-16(4-6-18)5-7-19/h8,18-20,22H,4-7,9-10H2,1-3H3. The monoisotopic (exact) mass is 314 g/mol. The molecule has 1 aromatic rings. The van der Waals surface area contributed by atoms with E-state index >= 15 is 0 Å². The van der Waals surface area contributed by atoms with Gasteiger partial charge in [-0.1, -0.05) is 0 Å². The summed E-state index contributed by atoms with van der Waals surface area (Å²) in [5.74, 6) is -0.368. The van der Waals surface area contributed by atoms with Gasteiger partial charge in [0.25, 0.3) is 0 Å². The number of hydrogen-bond acceptors (Lipinski definition) is 6. The fourth-order valence-corrected chi connectivity index (χ4v) is 2.57. The van der Waals surface area contributed by atoms with Crippen molar-refractivity contribution in [2.24, 2.45) is 0 Å². The smallest absolute Gasteiger partial charge is 0.223 e. The predicted octanol–water partition coefficient (Wildman–Crippen LogP) is -0.412. The van der Waals surface area contributed by atoms with Crippen molar-refractivity contribution in [1.29, 1.82) is 0 Å². The van der Waals surface area contributed by atoms with Gasteiger partial charge in [-0.25, -0.2) is 0 Å². The first kappa shape index (κ1) is 18.6. The van der Waals surface area contributed by atoms with Gasteiger partial charge < -0.3 is 25.0 Å². The van der Waals surface area contributed by atoms with E-state index in [-0.39, 0.29) is 32.1 Å². The lowest BCUT2D eigenvalue weighted by molar-refractivity contribution is 0.148. The molecular weight excluding hydrogens is 288 g/mol. The Morgan fingerprint density at radius 1 is 1.14 bits per heavy atom. The lowest BCUT2D eigenvalue weighted by atomic mass is 10.0. The van der Waals surface area contributed by atoms with E-state index in [0.717, 1.165) is 0 Å². The van der Waals surface area contributed by atoms with Gasteiger partial charge in [-0.3, -0.25) is 9.69 Å². The second-order valence-corrected chi connectivity index (χ2v) is 6.18. The second-order valence-electron chi connectivity index (χ2n) is 6.18. The van der Waals surface area contributed by atoms with Crippen molar-refractivity contribution in [1.82, 2.24) is 9.47 Å². The maximum atomic E-state index is 11.9. The number of rotatable bonds is 7. The molecule has 0 aliphatic carbocycles. The van der Waals surface area contributed by atoms with Crippen LogP contribution in [0.15, 0.2) is 10.9 Å². The van der Waals surface area contributed by atoms with Gasteiger partial charge in [-0.2, -0.15) is 0 Å². The summed E-state index contributed by atoms with van der Waals surface area (Å²) in [7, 11) is 0. The van der Waals surface area contributed by atoms with Gasteiger partial charge in [0.1, 0.15) is 0 Å². The van der Waals surface area contributed by atoms with Gasteiger partial charge in [-0.15, -0.1) is 0 Å². The minimum atomic E-state index is -0.549. The lowest BCUT2D eigenvalue weighted by Gasteiger charge is -2.32. The van der Waals surface area contributed by atoms with Crippen molar-refractivity contribution in [2.75, 3.05) is 26.3 Å². The van der Waals surface area contributed by atoms with E-state index in [1.807, 2.05) is 20.8 Å². The van der Waals surface area contributed by atoms with Crippen molar-refractivity contribution >= 4 is 0 Å². The van der Waals surface area contributed by atoms with Gasteiger partial charge in [0.2, 0.25) is 5.43 Å². The molecule has 0 aliphatic heterocycles. The normalized spacial score (nSPS) is 12.1. The highest BCUT2D eigenvalue weighted by atomic mass is 16.3. The molecule has 0 fully saturated rings. The van der Waals surface area contributed by atoms with Crippen LogP contribution >= 0.6 is 0 Å². The van der Waals surface area contributed by atoms with Crippen LogP contribution in [0.5, 0.6) is 5.75 Å². The minimum Gasteiger partial charge on any atom is -0.503 e. The topological polar surface area (TPSA) is 106 Å². The first-order valence-corrected chi connectivity index (χ1v) is 7.28. The number of aromatic hydroxyl groups is 1. The van der Waals surface area contributed by atoms with Crippen molar-refractivity contribution in [3.05, 3.63) is 27.7 Å². The summed E-state index contributed by atoms with van der Waals surface area (Å²) in [6.45, 7) is 6.00. The average molecular weight is 314 g/mol. The molecule has 0 aliphatic rings. The Kier molecular flexibility index (Phi) is 6.55. The molecule has 0 atom stereocenters. The minimum absolute atomic E-state index is 0.0970. The molecule has 1 heterocycles. The summed E-state index contributed by atoms with van der Waals surface area (Å²) >= 11 is 0. The number of aliphatic hydroxyl groups excluding tert-OH is 3. The third-order valence-corrected chi connectivity index (χ3v) is 3.40. The van der Waals surface area contributed by atoms with Gasteiger partial charge >= 0.3 is 0 Å². The fourth-order valence-electron chi connectivity index (χ4n) is 2.57. The summed E-state index contributed by atoms with van der Waals surface area (Å²) < 4.78 is 1.73. The van der Waals surface area contributed by atoms with Crippen LogP contribution in [-0.2, 0) is 18.7 Å². The molecule has 0 saturated heterocycles. The Morgan fingerprint density at radius 2 is 1.68 bits per heavy atom. The van der Waals surface area contributed by atoms with E-state index in [9.17, 15) is 15.0 Å². The largest absolute Gasteiger partial charge is 0.503 e. The van der Waals surface area contributed by atoms with E-state index in [1.54, 1.807) is 9.47 Å². The quantitative estimate of drug-likeness (QED) is 0.545. The molecule has 0 radical (unpaired) electrons. The zero-order valence-corrected chi connectivity index (χ0v) is 13.4. The summed E-state index contributed by atoms with van der Waals surface area (Å²) in [4.78, 5) is 13.6. The average Bonchev–Trinajstić information content (AvgIpc) is 2.42. The van der Waals surface area contributed by atoms with Gasteiger partial charge in [0.05, 0.1) is 25.5 Å². The number of nitrogens with zero attached hydrogens (tertiary/aromatic N) is 2. The zero-order chi connectivity index (χ0) is 16.9. The van der Waals surface area contributed by atoms with Crippen molar-refractivity contribution in [3.8, 4) is 5.75 Å². The fraction of sp³-hybridized carbons (Fsp3) is 0.667. The van der Waals surface area contributed by atoms with Crippen LogP contribution in [0.2, 0.25) is 0 Å². The summed E-state index contributed by atoms with van der Waals surface area (Å²) in [5, 5.41) is 37.9. The molecule has 0 amide bonds. The van der Waals surface area contributed by atoms with Crippen LogP contribution in [0.3, 0.4) is 0 Å². The SMILES string of the molecule is CC(C)(C)n1c(CO)cc(=O)c(O)c1CN(CCO)CCO. The maximum Gasteiger partial charge on any atom is 0.223 e. The van der Waals surface area contributed by atoms with Crippen molar-refractivity contribution in [3.63, 3.8) is 0 Å². The van der Waals surface area contributed by atoms with Crippen LogP contribution in [-0.4, -0.2) is 56.2 Å². The molecular formula is C15H26N2O5. The third-order valence-electron chi connectivity index (χ3n) is 3.40. The molecule has 7 heteroatoms. The van der Waals surface area contributed by atoms with Gasteiger partial charge in [0, 0.05) is 36.9 Å². The molecule has 0 spiro atoms. The van der Waals surface area contributed by atoms with Crippen LogP contribution < -0.4 is 5.43 Å². The third kappa shape index (κ3) is 4.30. The molecule has 1 aromatic heterocycles. The van der Waals surface area contributed by atoms with Crippen LogP contribution in [0, 0.1) is 0 Å². The molecule has 0 unspecified atom stereocenters. The van der Waals surface area contributed by atoms with E-state index in [0.29, 0.717) is 24.5 Å². The van der Waals surface area contributed by atoms with Crippen molar-refractivity contribution in [2.45, 2.75) is 39.5 Å². The molecule has 0 aromatic carbocycles. The molecule has 22 heavy (non-hydrogen) atoms. The van der Waals surface area contributed by atoms with Gasteiger partial charge in [0.15, 0.2) is 5.75 Å². The van der Waals surface area contributed by atoms with Gasteiger partial charge in [-0.05, 0) is 20.8 Å². The predicted molar refractivity (Wildman–Crippen MR) is 82.7 cm³/mol. The lowest BCUT2D eigenvalue weighted by Crippen LogP contribution is -2.36. The molecule has 126 valence electrons. The summed E-state index contributed by atoms with van der Waals surface area (Å²) in [5.41, 5.74) is -0.223. The van der Waals surface area contributed by atoms with E-state index in [4.69, 9.17) is 10.2 Å². The van der Waals surface area contributed by atoms with E-state index in [2.05, 4.69) is 0 Å². The zero-order valence-electron chi connectivity index (χ0n) is 13.4. The first-order chi connectivity index (χ1) is 10.3. The van der Waals surface area contributed by atoms with Crippen molar-refractivity contribution < 1.29 is 20.4 Å². The highest BCUT2D eigenvalue weighted by Gasteiger charge is 2.24. The van der Waals surface area contributed by atoms with E-state index in [1.165, 1.54) is 6.07 Å². The Labute approximate surface area is 130 Å². The van der Waals surface area contributed by atoms with E-state index < -0.39 is 11.0 Å². The molecule has 7 nitrogen and oxygen atoms in total. The molecule has 0 saturated carbocycles. The maximum absolute atomic E-state index is 11.9. The number of hydrogen-bond donors (Lipinski definition) is 4. The Morgan fingerprint density at radius 3 is 2.09 bits per heavy atom. The Bertz CT molecular complexity index is 542. The van der Waals surface area contributed by atoms with Crippen LogP contribution in [0.1, 0.15) is 32.2 Å².